The Balaban J connectivity index is 2.10. The minimum atomic E-state index is -1.66. The highest BCUT2D eigenvalue weighted by atomic mass is 16.6. The molecule has 130 valence electrons. The Morgan fingerprint density at radius 1 is 1.38 bits per heavy atom. The second-order valence-corrected chi connectivity index (χ2v) is 5.27. The van der Waals surface area contributed by atoms with Gasteiger partial charge in [-0.2, -0.15) is 0 Å². The van der Waals surface area contributed by atoms with Crippen LogP contribution in [-0.4, -0.2) is 60.3 Å². The van der Waals surface area contributed by atoms with Gasteiger partial charge < -0.3 is 24.2 Å². The van der Waals surface area contributed by atoms with Crippen LogP contribution in [0.3, 0.4) is 0 Å². The molecule has 0 spiro atoms. The van der Waals surface area contributed by atoms with Gasteiger partial charge in [-0.1, -0.05) is 12.1 Å². The van der Waals surface area contributed by atoms with Crippen molar-refractivity contribution in [2.24, 2.45) is 0 Å². The lowest BCUT2D eigenvalue weighted by Gasteiger charge is -2.34. The summed E-state index contributed by atoms with van der Waals surface area (Å²) in [5, 5.41) is 9.18. The van der Waals surface area contributed by atoms with Crippen LogP contribution in [0.5, 0.6) is 5.75 Å². The molecule has 1 aliphatic heterocycles. The number of benzene rings is 1. The summed E-state index contributed by atoms with van der Waals surface area (Å²) in [7, 11) is 1.56. The topological polar surface area (TPSA) is 102 Å². The summed E-state index contributed by atoms with van der Waals surface area (Å²) >= 11 is 0. The molecule has 0 bridgehead atoms. The van der Waals surface area contributed by atoms with Crippen LogP contribution in [0.15, 0.2) is 24.3 Å². The van der Waals surface area contributed by atoms with E-state index in [4.69, 9.17) is 14.2 Å². The lowest BCUT2D eigenvalue weighted by atomic mass is 10.1. The van der Waals surface area contributed by atoms with E-state index in [-0.39, 0.29) is 6.61 Å². The van der Waals surface area contributed by atoms with Crippen LogP contribution in [0, 0.1) is 0 Å². The van der Waals surface area contributed by atoms with Gasteiger partial charge in [0.2, 0.25) is 6.10 Å². The van der Waals surface area contributed by atoms with Crippen molar-refractivity contribution in [1.82, 2.24) is 4.90 Å². The summed E-state index contributed by atoms with van der Waals surface area (Å²) in [6, 6.07) is 7.18. The number of aliphatic carboxylic acids is 1. The van der Waals surface area contributed by atoms with Crippen molar-refractivity contribution in [3.8, 4) is 5.75 Å². The van der Waals surface area contributed by atoms with Gasteiger partial charge in [-0.05, 0) is 17.7 Å². The Hall–Kier alpha value is -2.61. The molecule has 24 heavy (non-hydrogen) atoms. The molecule has 0 aromatic heterocycles. The molecule has 1 heterocycles. The molecule has 0 aliphatic carbocycles. The van der Waals surface area contributed by atoms with E-state index in [1.807, 2.05) is 12.1 Å². The summed E-state index contributed by atoms with van der Waals surface area (Å²) in [6.45, 7) is 1.87. The van der Waals surface area contributed by atoms with Gasteiger partial charge in [-0.3, -0.25) is 9.59 Å². The van der Waals surface area contributed by atoms with Crippen molar-refractivity contribution in [2.45, 2.75) is 25.7 Å². The first-order valence-corrected chi connectivity index (χ1v) is 7.35. The second kappa shape index (κ2) is 7.78. The van der Waals surface area contributed by atoms with Gasteiger partial charge in [-0.25, -0.2) is 4.79 Å². The lowest BCUT2D eigenvalue weighted by molar-refractivity contribution is -0.185. The standard InChI is InChI=1S/C16H19NO7/c1-10(18)24-14(16(20)21)13-15(19)17(7-8-23-13)9-11-3-5-12(22-2)6-4-11/h3-6,13-14H,7-9H2,1-2H3,(H,20,21)/t13-,14?/m1/s1. The van der Waals surface area contributed by atoms with Crippen molar-refractivity contribution < 1.29 is 33.7 Å². The fourth-order valence-electron chi connectivity index (χ4n) is 2.40. The Labute approximate surface area is 138 Å². The largest absolute Gasteiger partial charge is 0.497 e. The fourth-order valence-corrected chi connectivity index (χ4v) is 2.40. The van der Waals surface area contributed by atoms with Crippen molar-refractivity contribution in [3.05, 3.63) is 29.8 Å². The molecule has 1 aromatic rings. The third-order valence-corrected chi connectivity index (χ3v) is 3.56. The number of methoxy groups -OCH3 is 1. The summed E-state index contributed by atoms with van der Waals surface area (Å²) in [4.78, 5) is 36.3. The number of carbonyl (C=O) groups excluding carboxylic acids is 2. The quantitative estimate of drug-likeness (QED) is 0.751. The number of hydrogen-bond acceptors (Lipinski definition) is 6. The highest BCUT2D eigenvalue weighted by Gasteiger charge is 2.42. The highest BCUT2D eigenvalue weighted by molar-refractivity contribution is 5.89. The van der Waals surface area contributed by atoms with E-state index in [1.54, 1.807) is 19.2 Å². The molecule has 2 atom stereocenters. The zero-order valence-corrected chi connectivity index (χ0v) is 13.4. The average molecular weight is 337 g/mol. The van der Waals surface area contributed by atoms with Gasteiger partial charge in [0.1, 0.15) is 5.75 Å². The lowest BCUT2D eigenvalue weighted by Crippen LogP contribution is -2.55. The van der Waals surface area contributed by atoms with Gasteiger partial charge in [-0.15, -0.1) is 0 Å². The summed E-state index contributed by atoms with van der Waals surface area (Å²) in [6.07, 6.45) is -3.01. The van der Waals surface area contributed by atoms with Crippen LogP contribution in [0.1, 0.15) is 12.5 Å². The first-order chi connectivity index (χ1) is 11.4. The summed E-state index contributed by atoms with van der Waals surface area (Å²) in [5.41, 5.74) is 0.865. The Morgan fingerprint density at radius 2 is 2.04 bits per heavy atom. The minimum absolute atomic E-state index is 0.164. The molecule has 1 saturated heterocycles. The number of amides is 1. The molecule has 1 amide bonds. The zero-order valence-electron chi connectivity index (χ0n) is 13.4. The van der Waals surface area contributed by atoms with Gasteiger partial charge in [0, 0.05) is 20.0 Å². The number of ether oxygens (including phenoxy) is 3. The Kier molecular flexibility index (Phi) is 5.75. The minimum Gasteiger partial charge on any atom is -0.497 e. The predicted octanol–water partition coefficient (Wildman–Crippen LogP) is 0.439. The van der Waals surface area contributed by atoms with Gasteiger partial charge in [0.15, 0.2) is 6.10 Å². The van der Waals surface area contributed by atoms with E-state index in [9.17, 15) is 19.5 Å². The molecular formula is C16H19NO7. The molecule has 1 unspecified atom stereocenters. The number of rotatable bonds is 6. The highest BCUT2D eigenvalue weighted by Crippen LogP contribution is 2.18. The van der Waals surface area contributed by atoms with Gasteiger partial charge in [0.25, 0.3) is 5.91 Å². The van der Waals surface area contributed by atoms with E-state index in [2.05, 4.69) is 0 Å². The molecule has 1 N–H and O–H groups in total. The molecule has 0 radical (unpaired) electrons. The predicted molar refractivity (Wildman–Crippen MR) is 81.3 cm³/mol. The number of carboxylic acids is 1. The summed E-state index contributed by atoms with van der Waals surface area (Å²) < 4.78 is 15.1. The van der Waals surface area contributed by atoms with Crippen molar-refractivity contribution in [1.29, 1.82) is 0 Å². The molecule has 8 nitrogen and oxygen atoms in total. The van der Waals surface area contributed by atoms with E-state index in [0.29, 0.717) is 18.8 Å². The number of esters is 1. The van der Waals surface area contributed by atoms with Crippen LogP contribution < -0.4 is 4.74 Å². The smallest absolute Gasteiger partial charge is 0.348 e. The first-order valence-electron chi connectivity index (χ1n) is 7.35. The molecule has 1 aliphatic rings. The maximum absolute atomic E-state index is 12.5. The van der Waals surface area contributed by atoms with Crippen LogP contribution in [-0.2, 0) is 30.4 Å². The van der Waals surface area contributed by atoms with Crippen molar-refractivity contribution in [3.63, 3.8) is 0 Å². The molecule has 1 fully saturated rings. The SMILES string of the molecule is COc1ccc(CN2CCO[C@H](C(OC(C)=O)C(=O)O)C2=O)cc1. The number of nitrogens with zero attached hydrogens (tertiary/aromatic N) is 1. The number of hydrogen-bond donors (Lipinski definition) is 1. The average Bonchev–Trinajstić information content (AvgIpc) is 2.55. The second-order valence-electron chi connectivity index (χ2n) is 5.27. The number of carboxylic acid groups (broad SMARTS) is 1. The molecule has 8 heteroatoms. The first kappa shape index (κ1) is 17.7. The van der Waals surface area contributed by atoms with Gasteiger partial charge >= 0.3 is 11.9 Å². The van der Waals surface area contributed by atoms with Crippen LogP contribution >= 0.6 is 0 Å². The van der Waals surface area contributed by atoms with Gasteiger partial charge in [0.05, 0.1) is 13.7 Å². The third kappa shape index (κ3) is 4.23. The van der Waals surface area contributed by atoms with Crippen LogP contribution in [0.4, 0.5) is 0 Å². The molecule has 2 rings (SSSR count). The Morgan fingerprint density at radius 3 is 2.58 bits per heavy atom. The van der Waals surface area contributed by atoms with Crippen LogP contribution in [0.25, 0.3) is 0 Å². The molecule has 1 aromatic carbocycles. The summed E-state index contributed by atoms with van der Waals surface area (Å²) in [5.74, 6) is -2.03. The molecular weight excluding hydrogens is 318 g/mol. The van der Waals surface area contributed by atoms with E-state index >= 15 is 0 Å². The van der Waals surface area contributed by atoms with Crippen molar-refractivity contribution in [2.75, 3.05) is 20.3 Å². The number of morpholine rings is 1. The maximum atomic E-state index is 12.5. The maximum Gasteiger partial charge on any atom is 0.348 e. The number of carbonyl (C=O) groups is 3. The Bertz CT molecular complexity index is 613. The van der Waals surface area contributed by atoms with E-state index in [1.165, 1.54) is 4.90 Å². The van der Waals surface area contributed by atoms with Crippen LogP contribution in [0.2, 0.25) is 0 Å². The third-order valence-electron chi connectivity index (χ3n) is 3.56. The molecule has 0 saturated carbocycles. The van der Waals surface area contributed by atoms with Crippen molar-refractivity contribution >= 4 is 17.8 Å². The monoisotopic (exact) mass is 337 g/mol. The fraction of sp³-hybridized carbons (Fsp3) is 0.438. The normalized spacial score (nSPS) is 18.8. The zero-order chi connectivity index (χ0) is 17.7. The van der Waals surface area contributed by atoms with E-state index < -0.39 is 30.1 Å². The van der Waals surface area contributed by atoms with E-state index in [0.717, 1.165) is 12.5 Å².